The lowest BCUT2D eigenvalue weighted by Gasteiger charge is -1.91. The van der Waals surface area contributed by atoms with Crippen molar-refractivity contribution < 1.29 is 23.9 Å². The predicted molar refractivity (Wildman–Crippen MR) is 35.1 cm³/mol. The van der Waals surface area contributed by atoms with Gasteiger partial charge in [0.1, 0.15) is 0 Å². The molecule has 1 fully saturated rings. The van der Waals surface area contributed by atoms with Gasteiger partial charge in [0, 0.05) is 0 Å². The maximum Gasteiger partial charge on any atom is 0.668 e. The van der Waals surface area contributed by atoms with Crippen LogP contribution in [0, 0.1) is 0 Å². The van der Waals surface area contributed by atoms with Gasteiger partial charge in [0.15, 0.2) is 0 Å². The Hall–Kier alpha value is 0.307. The van der Waals surface area contributed by atoms with Crippen LogP contribution in [-0.4, -0.2) is 46.8 Å². The Morgan fingerprint density at radius 1 is 1.40 bits per heavy atom. The molecule has 0 saturated carbocycles. The SMILES string of the molecule is ClCC1CO1.O[Si](O)(O)O. The van der Waals surface area contributed by atoms with E-state index in [4.69, 9.17) is 35.5 Å². The van der Waals surface area contributed by atoms with Gasteiger partial charge in [0.25, 0.3) is 0 Å². The summed E-state index contributed by atoms with van der Waals surface area (Å²) in [5.74, 6) is 0.667. The fraction of sp³-hybridized carbons (Fsp3) is 1.00. The lowest BCUT2D eigenvalue weighted by Crippen LogP contribution is -2.33. The average Bonchev–Trinajstić information content (AvgIpc) is 2.39. The number of hydrogen-bond donors (Lipinski definition) is 4. The molecule has 1 heterocycles. The topological polar surface area (TPSA) is 93.5 Å². The molecular formula is C3H9ClO5Si. The van der Waals surface area contributed by atoms with Crippen LogP contribution in [0.2, 0.25) is 0 Å². The van der Waals surface area contributed by atoms with E-state index in [2.05, 4.69) is 0 Å². The molecule has 1 aliphatic rings. The quantitative estimate of drug-likeness (QED) is 0.217. The fourth-order valence-electron chi connectivity index (χ4n) is 0.157. The second kappa shape index (κ2) is 4.24. The highest BCUT2D eigenvalue weighted by atomic mass is 35.5. The number of halogens is 1. The molecule has 4 N–H and O–H groups in total. The zero-order valence-corrected chi connectivity index (χ0v) is 6.82. The Bertz CT molecular complexity index is 83.4. The summed E-state index contributed by atoms with van der Waals surface area (Å²) in [6.07, 6.45) is 0.400. The van der Waals surface area contributed by atoms with Crippen LogP contribution in [0.1, 0.15) is 0 Å². The molecule has 1 saturated heterocycles. The van der Waals surface area contributed by atoms with Crippen molar-refractivity contribution >= 4 is 20.6 Å². The van der Waals surface area contributed by atoms with Gasteiger partial charge in [-0.15, -0.1) is 11.6 Å². The third kappa shape index (κ3) is 15.7. The molecule has 0 amide bonds. The smallest absolute Gasteiger partial charge is 0.372 e. The molecule has 10 heavy (non-hydrogen) atoms. The van der Waals surface area contributed by atoms with E-state index in [0.29, 0.717) is 12.0 Å². The van der Waals surface area contributed by atoms with E-state index >= 15 is 0 Å². The number of ether oxygens (including phenoxy) is 1. The minimum Gasteiger partial charge on any atom is -0.372 e. The van der Waals surface area contributed by atoms with E-state index in [9.17, 15) is 0 Å². The Balaban J connectivity index is 0.000000162. The number of alkyl halides is 1. The summed E-state index contributed by atoms with van der Waals surface area (Å²) in [7, 11) is -4.61. The standard InChI is InChI=1S/C3H5ClO.H4O4Si/c4-1-3-2-5-3;1-5(2,3)4/h3H,1-2H2;1-4H. The molecule has 0 radical (unpaired) electrons. The molecule has 1 aliphatic heterocycles. The summed E-state index contributed by atoms with van der Waals surface area (Å²) in [6.45, 7) is 0.878. The Morgan fingerprint density at radius 2 is 1.70 bits per heavy atom. The van der Waals surface area contributed by atoms with Crippen molar-refractivity contribution in [2.45, 2.75) is 6.10 Å². The van der Waals surface area contributed by atoms with Crippen LogP contribution in [0.3, 0.4) is 0 Å². The summed E-state index contributed by atoms with van der Waals surface area (Å²) in [4.78, 5) is 29.3. The van der Waals surface area contributed by atoms with E-state index in [-0.39, 0.29) is 0 Å². The van der Waals surface area contributed by atoms with Crippen molar-refractivity contribution in [2.24, 2.45) is 0 Å². The first-order chi connectivity index (χ1) is 4.43. The summed E-state index contributed by atoms with van der Waals surface area (Å²) < 4.78 is 4.73. The molecule has 62 valence electrons. The lowest BCUT2D eigenvalue weighted by atomic mass is 10.6. The number of hydrogen-bond acceptors (Lipinski definition) is 5. The monoisotopic (exact) mass is 188 g/mol. The largest absolute Gasteiger partial charge is 0.668 e. The van der Waals surface area contributed by atoms with Crippen LogP contribution in [0.5, 0.6) is 0 Å². The van der Waals surface area contributed by atoms with Gasteiger partial charge in [0.05, 0.1) is 18.6 Å². The van der Waals surface area contributed by atoms with Gasteiger partial charge in [0.2, 0.25) is 0 Å². The molecule has 5 nitrogen and oxygen atoms in total. The Morgan fingerprint density at radius 3 is 1.70 bits per heavy atom. The van der Waals surface area contributed by atoms with Crippen molar-refractivity contribution in [3.05, 3.63) is 0 Å². The van der Waals surface area contributed by atoms with E-state index in [1.165, 1.54) is 0 Å². The summed E-state index contributed by atoms with van der Waals surface area (Å²) in [6, 6.07) is 0. The van der Waals surface area contributed by atoms with Gasteiger partial charge in [-0.05, 0) is 0 Å². The van der Waals surface area contributed by atoms with Gasteiger partial charge in [-0.2, -0.15) is 0 Å². The first-order valence-corrected chi connectivity index (χ1v) is 4.83. The van der Waals surface area contributed by atoms with Gasteiger partial charge >= 0.3 is 9.05 Å². The van der Waals surface area contributed by atoms with Crippen molar-refractivity contribution in [3.63, 3.8) is 0 Å². The highest BCUT2D eigenvalue weighted by Gasteiger charge is 2.22. The number of rotatable bonds is 1. The van der Waals surface area contributed by atoms with Crippen molar-refractivity contribution in [2.75, 3.05) is 12.5 Å². The molecule has 0 aromatic rings. The maximum absolute atomic E-state index is 7.33. The number of epoxide rings is 1. The van der Waals surface area contributed by atoms with Crippen LogP contribution in [-0.2, 0) is 4.74 Å². The minimum atomic E-state index is -4.61. The highest BCUT2D eigenvalue weighted by Crippen LogP contribution is 2.08. The molecular weight excluding hydrogens is 180 g/mol. The zero-order chi connectivity index (χ0) is 8.20. The minimum absolute atomic E-state index is 0.400. The van der Waals surface area contributed by atoms with Gasteiger partial charge in [-0.3, -0.25) is 0 Å². The van der Waals surface area contributed by atoms with E-state index in [0.717, 1.165) is 6.61 Å². The first-order valence-electron chi connectivity index (χ1n) is 2.50. The predicted octanol–water partition coefficient (Wildman–Crippen LogP) is -1.98. The third-order valence-corrected chi connectivity index (χ3v) is 0.919. The summed E-state index contributed by atoms with van der Waals surface area (Å²) in [5, 5.41) is 0. The average molecular weight is 189 g/mol. The van der Waals surface area contributed by atoms with Crippen LogP contribution in [0.15, 0.2) is 0 Å². The molecule has 1 rings (SSSR count). The fourth-order valence-corrected chi connectivity index (χ4v) is 0.335. The molecule has 0 aromatic heterocycles. The van der Waals surface area contributed by atoms with Crippen LogP contribution < -0.4 is 0 Å². The van der Waals surface area contributed by atoms with Gasteiger partial charge < -0.3 is 23.9 Å². The molecule has 7 heteroatoms. The molecule has 0 bridgehead atoms. The van der Waals surface area contributed by atoms with E-state index in [1.807, 2.05) is 0 Å². The molecule has 1 unspecified atom stereocenters. The van der Waals surface area contributed by atoms with E-state index < -0.39 is 9.05 Å². The van der Waals surface area contributed by atoms with Crippen molar-refractivity contribution in [1.82, 2.24) is 0 Å². The van der Waals surface area contributed by atoms with Crippen molar-refractivity contribution in [1.29, 1.82) is 0 Å². The lowest BCUT2D eigenvalue weighted by molar-refractivity contribution is 0.117. The highest BCUT2D eigenvalue weighted by molar-refractivity contribution is 6.46. The Labute approximate surface area is 63.9 Å². The summed E-state index contributed by atoms with van der Waals surface area (Å²) >= 11 is 5.27. The first kappa shape index (κ1) is 10.3. The van der Waals surface area contributed by atoms with Crippen LogP contribution >= 0.6 is 11.6 Å². The maximum atomic E-state index is 7.33. The molecule has 0 aliphatic carbocycles. The molecule has 1 atom stereocenters. The third-order valence-electron chi connectivity index (χ3n) is 0.574. The molecule has 0 aromatic carbocycles. The van der Waals surface area contributed by atoms with E-state index in [1.54, 1.807) is 0 Å². The normalized spacial score (nSPS) is 23.1. The van der Waals surface area contributed by atoms with Gasteiger partial charge in [-0.1, -0.05) is 0 Å². The second-order valence-electron chi connectivity index (χ2n) is 1.71. The van der Waals surface area contributed by atoms with Crippen molar-refractivity contribution in [3.8, 4) is 0 Å². The molecule has 0 spiro atoms. The van der Waals surface area contributed by atoms with Gasteiger partial charge in [-0.25, -0.2) is 0 Å². The second-order valence-corrected chi connectivity index (χ2v) is 3.22. The zero-order valence-electron chi connectivity index (χ0n) is 5.07. The summed E-state index contributed by atoms with van der Waals surface area (Å²) in [5.41, 5.74) is 0. The van der Waals surface area contributed by atoms with Crippen LogP contribution in [0.25, 0.3) is 0 Å². The Kier molecular flexibility index (Phi) is 4.37. The van der Waals surface area contributed by atoms with Crippen LogP contribution in [0.4, 0.5) is 0 Å².